The summed E-state index contributed by atoms with van der Waals surface area (Å²) in [5.41, 5.74) is 7.70. The number of hydrogen-bond acceptors (Lipinski definition) is 2. The number of rotatable bonds is 5. The van der Waals surface area contributed by atoms with E-state index in [1.54, 1.807) is 0 Å². The van der Waals surface area contributed by atoms with E-state index in [0.29, 0.717) is 12.0 Å². The van der Waals surface area contributed by atoms with Crippen LogP contribution in [0, 0.1) is 5.41 Å². The quantitative estimate of drug-likeness (QED) is 0.836. The molecule has 1 saturated carbocycles. The van der Waals surface area contributed by atoms with Gasteiger partial charge in [0.25, 0.3) is 5.91 Å². The van der Waals surface area contributed by atoms with Crippen LogP contribution >= 0.6 is 0 Å². The molecule has 2 rings (SSSR count). The van der Waals surface area contributed by atoms with Gasteiger partial charge in [-0.1, -0.05) is 31.5 Å². The molecule has 3 nitrogen and oxygen atoms in total. The van der Waals surface area contributed by atoms with Crippen molar-refractivity contribution in [3.8, 4) is 0 Å². The van der Waals surface area contributed by atoms with Gasteiger partial charge in [-0.3, -0.25) is 4.79 Å². The lowest BCUT2D eigenvalue weighted by molar-refractivity contribution is 0.0890. The van der Waals surface area contributed by atoms with E-state index in [4.69, 9.17) is 5.73 Å². The van der Waals surface area contributed by atoms with Crippen molar-refractivity contribution in [2.24, 2.45) is 11.1 Å². The molecule has 0 atom stereocenters. The van der Waals surface area contributed by atoms with Crippen molar-refractivity contribution in [1.82, 2.24) is 5.32 Å². The number of hydrogen-bond donors (Lipinski definition) is 2. The summed E-state index contributed by atoms with van der Waals surface area (Å²) in [6.45, 7) is 3.59. The minimum Gasteiger partial charge on any atom is -0.351 e. The monoisotopic (exact) mass is 246 g/mol. The van der Waals surface area contributed by atoms with Gasteiger partial charge in [0.15, 0.2) is 0 Å². The Morgan fingerprint density at radius 1 is 1.39 bits per heavy atom. The second-order valence-electron chi connectivity index (χ2n) is 5.54. The second-order valence-corrected chi connectivity index (χ2v) is 5.54. The molecule has 1 aromatic carbocycles. The van der Waals surface area contributed by atoms with Gasteiger partial charge < -0.3 is 11.1 Å². The number of nitrogens with one attached hydrogen (secondary N) is 1. The van der Waals surface area contributed by atoms with Crippen molar-refractivity contribution >= 4 is 5.91 Å². The summed E-state index contributed by atoms with van der Waals surface area (Å²) < 4.78 is 0. The molecule has 3 N–H and O–H groups in total. The number of nitrogens with two attached hydrogens (primary N) is 1. The first-order valence-corrected chi connectivity index (χ1v) is 6.71. The highest BCUT2D eigenvalue weighted by Crippen LogP contribution is 2.39. The summed E-state index contributed by atoms with van der Waals surface area (Å²) in [4.78, 5) is 12.2. The minimum atomic E-state index is 0.0344. The fraction of sp³-hybridized carbons (Fsp3) is 0.533. The van der Waals surface area contributed by atoms with Crippen LogP contribution in [-0.4, -0.2) is 19.0 Å². The average Bonchev–Trinajstić information content (AvgIpc) is 2.35. The molecule has 1 fully saturated rings. The van der Waals surface area contributed by atoms with Gasteiger partial charge in [0.05, 0.1) is 0 Å². The third-order valence-corrected chi connectivity index (χ3v) is 3.91. The lowest BCUT2D eigenvalue weighted by Crippen LogP contribution is -2.40. The lowest BCUT2D eigenvalue weighted by atomic mass is 9.70. The topological polar surface area (TPSA) is 55.1 Å². The molecule has 1 aromatic rings. The van der Waals surface area contributed by atoms with Crippen molar-refractivity contribution in [3.05, 3.63) is 35.4 Å². The van der Waals surface area contributed by atoms with E-state index in [2.05, 4.69) is 12.2 Å². The zero-order chi connectivity index (χ0) is 13.0. The summed E-state index contributed by atoms with van der Waals surface area (Å²) >= 11 is 0. The fourth-order valence-corrected chi connectivity index (χ4v) is 2.46. The van der Waals surface area contributed by atoms with Crippen LogP contribution in [0.15, 0.2) is 24.3 Å². The number of benzene rings is 1. The maximum atomic E-state index is 12.2. The van der Waals surface area contributed by atoms with Gasteiger partial charge in [-0.2, -0.15) is 0 Å². The molecule has 18 heavy (non-hydrogen) atoms. The number of amides is 1. The van der Waals surface area contributed by atoms with Crippen LogP contribution in [-0.2, 0) is 6.42 Å². The molecule has 0 saturated heterocycles. The van der Waals surface area contributed by atoms with Crippen LogP contribution in [0.1, 0.15) is 42.1 Å². The van der Waals surface area contributed by atoms with E-state index in [0.717, 1.165) is 24.1 Å². The van der Waals surface area contributed by atoms with Crippen LogP contribution in [0.25, 0.3) is 0 Å². The Labute approximate surface area is 109 Å². The molecule has 0 aliphatic heterocycles. The van der Waals surface area contributed by atoms with Crippen LogP contribution in [0.5, 0.6) is 0 Å². The third kappa shape index (κ3) is 2.91. The van der Waals surface area contributed by atoms with Gasteiger partial charge in [0.2, 0.25) is 0 Å². The highest BCUT2D eigenvalue weighted by Gasteiger charge is 2.32. The molecule has 0 heterocycles. The molecule has 3 heteroatoms. The minimum absolute atomic E-state index is 0.0344. The highest BCUT2D eigenvalue weighted by atomic mass is 16.1. The van der Waals surface area contributed by atoms with Gasteiger partial charge in [-0.25, -0.2) is 0 Å². The summed E-state index contributed by atoms with van der Waals surface area (Å²) in [5.74, 6) is 0.0344. The third-order valence-electron chi connectivity index (χ3n) is 3.91. The molecule has 1 amide bonds. The zero-order valence-corrected chi connectivity index (χ0v) is 11.0. The predicted molar refractivity (Wildman–Crippen MR) is 73.5 cm³/mol. The standard InChI is InChI=1S/C15H22N2O/c1-15(8-4-9-15)11-17-14(18)13-6-3-2-5-12(13)7-10-16/h2-3,5-6H,4,7-11,16H2,1H3,(H,17,18). The van der Waals surface area contributed by atoms with Crippen LogP contribution in [0.2, 0.25) is 0 Å². The van der Waals surface area contributed by atoms with Gasteiger partial charge in [0.1, 0.15) is 0 Å². The highest BCUT2D eigenvalue weighted by molar-refractivity contribution is 5.95. The molecule has 0 radical (unpaired) electrons. The Morgan fingerprint density at radius 2 is 2.11 bits per heavy atom. The Balaban J connectivity index is 1.99. The molecule has 98 valence electrons. The van der Waals surface area contributed by atoms with Crippen molar-refractivity contribution in [1.29, 1.82) is 0 Å². The molecule has 0 spiro atoms. The Hall–Kier alpha value is -1.35. The predicted octanol–water partition coefficient (Wildman–Crippen LogP) is 2.11. The summed E-state index contributed by atoms with van der Waals surface area (Å²) in [6, 6.07) is 7.71. The molecule has 1 aliphatic rings. The SMILES string of the molecule is CC1(CNC(=O)c2ccccc2CCN)CCC1. The first kappa shape index (κ1) is 13.1. The maximum Gasteiger partial charge on any atom is 0.251 e. The van der Waals surface area contributed by atoms with Gasteiger partial charge >= 0.3 is 0 Å². The first-order valence-electron chi connectivity index (χ1n) is 6.71. The van der Waals surface area contributed by atoms with Gasteiger partial charge in [-0.05, 0) is 42.9 Å². The molecule has 0 unspecified atom stereocenters. The zero-order valence-electron chi connectivity index (χ0n) is 11.0. The second kappa shape index (κ2) is 5.53. The van der Waals surface area contributed by atoms with E-state index in [-0.39, 0.29) is 5.91 Å². The summed E-state index contributed by atoms with van der Waals surface area (Å²) in [6.07, 6.45) is 4.48. The van der Waals surface area contributed by atoms with E-state index in [9.17, 15) is 4.79 Å². The van der Waals surface area contributed by atoms with Crippen molar-refractivity contribution in [2.45, 2.75) is 32.6 Å². The molecule has 0 aromatic heterocycles. The fourth-order valence-electron chi connectivity index (χ4n) is 2.46. The first-order chi connectivity index (χ1) is 8.64. The maximum absolute atomic E-state index is 12.2. The van der Waals surface area contributed by atoms with Crippen molar-refractivity contribution in [3.63, 3.8) is 0 Å². The molecular formula is C15H22N2O. The average molecular weight is 246 g/mol. The molecule has 1 aliphatic carbocycles. The summed E-state index contributed by atoms with van der Waals surface area (Å²) in [7, 11) is 0. The van der Waals surface area contributed by atoms with E-state index in [1.165, 1.54) is 19.3 Å². The van der Waals surface area contributed by atoms with Gasteiger partial charge in [-0.15, -0.1) is 0 Å². The van der Waals surface area contributed by atoms with Crippen molar-refractivity contribution in [2.75, 3.05) is 13.1 Å². The van der Waals surface area contributed by atoms with Gasteiger partial charge in [0, 0.05) is 12.1 Å². The lowest BCUT2D eigenvalue weighted by Gasteiger charge is -2.38. The summed E-state index contributed by atoms with van der Waals surface area (Å²) in [5, 5.41) is 3.06. The Morgan fingerprint density at radius 3 is 2.72 bits per heavy atom. The van der Waals surface area contributed by atoms with E-state index < -0.39 is 0 Å². The molecule has 0 bridgehead atoms. The largest absolute Gasteiger partial charge is 0.351 e. The van der Waals surface area contributed by atoms with E-state index in [1.807, 2.05) is 24.3 Å². The number of carbonyl (C=O) groups excluding carboxylic acids is 1. The smallest absolute Gasteiger partial charge is 0.251 e. The Kier molecular flexibility index (Phi) is 4.02. The van der Waals surface area contributed by atoms with Crippen LogP contribution in [0.3, 0.4) is 0 Å². The van der Waals surface area contributed by atoms with Crippen molar-refractivity contribution < 1.29 is 4.79 Å². The molecular weight excluding hydrogens is 224 g/mol. The number of carbonyl (C=O) groups is 1. The normalized spacial score (nSPS) is 17.0. The van der Waals surface area contributed by atoms with E-state index >= 15 is 0 Å². The Bertz CT molecular complexity index is 424. The van der Waals surface area contributed by atoms with Crippen LogP contribution < -0.4 is 11.1 Å². The van der Waals surface area contributed by atoms with Crippen LogP contribution in [0.4, 0.5) is 0 Å².